The highest BCUT2D eigenvalue weighted by molar-refractivity contribution is 6.34. The molecule has 0 bridgehead atoms. The molecule has 0 aromatic heterocycles. The lowest BCUT2D eigenvalue weighted by molar-refractivity contribution is -0.185. The van der Waals surface area contributed by atoms with Gasteiger partial charge in [-0.25, -0.2) is 13.6 Å². The monoisotopic (exact) mass is 521 g/mol. The van der Waals surface area contributed by atoms with E-state index in [0.29, 0.717) is 29.2 Å². The topological polar surface area (TPSA) is 94.1 Å². The summed E-state index contributed by atoms with van der Waals surface area (Å²) in [5.74, 6) is -5.70. The summed E-state index contributed by atoms with van der Waals surface area (Å²) in [5, 5.41) is 12.1. The molecule has 35 heavy (non-hydrogen) atoms. The van der Waals surface area contributed by atoms with E-state index in [-0.39, 0.29) is 23.6 Å². The standard InChI is InChI=1S/C23H24ClF4NO6/c1-3-34-15-5-6-16(17(24)10-15)20(30)29-11-14-8-13(4-7-18(14)33-2)9-19(21(31)32)35-12-23(27,28)22(25)26/h4-8,10,19,22H,3,9,11-12H2,1-2H3,(H,29,30)(H,31,32). The molecule has 0 spiro atoms. The van der Waals surface area contributed by atoms with Gasteiger partial charge in [-0.2, -0.15) is 8.78 Å². The fraction of sp³-hybridized carbons (Fsp3) is 0.391. The predicted molar refractivity (Wildman–Crippen MR) is 119 cm³/mol. The normalized spacial score (nSPS) is 12.3. The first-order valence-corrected chi connectivity index (χ1v) is 10.7. The number of benzene rings is 2. The van der Waals surface area contributed by atoms with Gasteiger partial charge in [0.05, 0.1) is 24.3 Å². The van der Waals surface area contributed by atoms with Crippen LogP contribution in [0.5, 0.6) is 11.5 Å². The number of alkyl halides is 4. The molecule has 2 aromatic rings. The van der Waals surface area contributed by atoms with E-state index >= 15 is 0 Å². The molecule has 0 aliphatic carbocycles. The van der Waals surface area contributed by atoms with Crippen molar-refractivity contribution in [1.29, 1.82) is 0 Å². The van der Waals surface area contributed by atoms with Crippen LogP contribution in [0.2, 0.25) is 5.02 Å². The summed E-state index contributed by atoms with van der Waals surface area (Å²) in [5.41, 5.74) is 0.980. The molecule has 0 aliphatic heterocycles. The van der Waals surface area contributed by atoms with Crippen LogP contribution in [0.4, 0.5) is 17.6 Å². The molecular formula is C23H24ClF4NO6. The first-order valence-electron chi connectivity index (χ1n) is 10.3. The smallest absolute Gasteiger partial charge is 0.333 e. The second kappa shape index (κ2) is 12.6. The molecule has 2 aromatic carbocycles. The van der Waals surface area contributed by atoms with Crippen LogP contribution in [-0.4, -0.2) is 55.8 Å². The Morgan fingerprint density at radius 3 is 2.46 bits per heavy atom. The third-order valence-electron chi connectivity index (χ3n) is 4.77. The van der Waals surface area contributed by atoms with Gasteiger partial charge in [-0.15, -0.1) is 0 Å². The molecule has 0 saturated heterocycles. The summed E-state index contributed by atoms with van der Waals surface area (Å²) in [6, 6.07) is 9.05. The van der Waals surface area contributed by atoms with Crippen LogP contribution in [0.3, 0.4) is 0 Å². The Morgan fingerprint density at radius 1 is 1.17 bits per heavy atom. The number of carbonyl (C=O) groups excluding carboxylic acids is 1. The van der Waals surface area contributed by atoms with Crippen LogP contribution in [-0.2, 0) is 22.5 Å². The van der Waals surface area contributed by atoms with Crippen LogP contribution in [0, 0.1) is 0 Å². The second-order valence-electron chi connectivity index (χ2n) is 7.31. The second-order valence-corrected chi connectivity index (χ2v) is 7.71. The zero-order valence-corrected chi connectivity index (χ0v) is 19.6. The molecule has 0 aliphatic rings. The van der Waals surface area contributed by atoms with E-state index < -0.39 is 36.9 Å². The van der Waals surface area contributed by atoms with Crippen molar-refractivity contribution in [1.82, 2.24) is 5.32 Å². The summed E-state index contributed by atoms with van der Waals surface area (Å²) in [6.45, 7) is 0.449. The quantitative estimate of drug-likeness (QED) is 0.374. The van der Waals surface area contributed by atoms with Crippen LogP contribution >= 0.6 is 11.6 Å². The molecule has 0 saturated carbocycles. The minimum absolute atomic E-state index is 0.0402. The van der Waals surface area contributed by atoms with Crippen molar-refractivity contribution < 1.29 is 46.5 Å². The molecule has 1 atom stereocenters. The Hall–Kier alpha value is -3.05. The van der Waals surface area contributed by atoms with E-state index in [1.807, 2.05) is 0 Å². The molecule has 12 heteroatoms. The van der Waals surface area contributed by atoms with E-state index in [0.717, 1.165) is 0 Å². The maximum atomic E-state index is 13.1. The lowest BCUT2D eigenvalue weighted by Crippen LogP contribution is -2.37. The highest BCUT2D eigenvalue weighted by Gasteiger charge is 2.42. The van der Waals surface area contributed by atoms with Gasteiger partial charge in [0.15, 0.2) is 6.10 Å². The Bertz CT molecular complexity index is 1040. The lowest BCUT2D eigenvalue weighted by Gasteiger charge is -2.20. The summed E-state index contributed by atoms with van der Waals surface area (Å²) in [6.07, 6.45) is -6.17. The van der Waals surface area contributed by atoms with Gasteiger partial charge >= 0.3 is 18.3 Å². The fourth-order valence-electron chi connectivity index (χ4n) is 3.01. The number of aliphatic carboxylic acids is 1. The average Bonchev–Trinajstić information content (AvgIpc) is 2.80. The molecular weight excluding hydrogens is 498 g/mol. The molecule has 2 N–H and O–H groups in total. The number of ether oxygens (including phenoxy) is 3. The van der Waals surface area contributed by atoms with Gasteiger partial charge < -0.3 is 24.6 Å². The number of carboxylic acid groups (broad SMARTS) is 1. The zero-order valence-electron chi connectivity index (χ0n) is 18.8. The molecule has 0 fully saturated rings. The summed E-state index contributed by atoms with van der Waals surface area (Å²) >= 11 is 6.16. The zero-order chi connectivity index (χ0) is 26.2. The molecule has 0 heterocycles. The number of carbonyl (C=O) groups is 2. The summed E-state index contributed by atoms with van der Waals surface area (Å²) < 4.78 is 66.1. The summed E-state index contributed by atoms with van der Waals surface area (Å²) in [4.78, 5) is 24.0. The van der Waals surface area contributed by atoms with E-state index in [9.17, 15) is 32.3 Å². The predicted octanol–water partition coefficient (Wildman–Crippen LogP) is 4.59. The van der Waals surface area contributed by atoms with Crippen molar-refractivity contribution in [2.24, 2.45) is 0 Å². The van der Waals surface area contributed by atoms with E-state index in [4.69, 9.17) is 21.1 Å². The largest absolute Gasteiger partial charge is 0.496 e. The Balaban J connectivity index is 2.13. The van der Waals surface area contributed by atoms with Gasteiger partial charge in [-0.1, -0.05) is 23.7 Å². The van der Waals surface area contributed by atoms with Crippen molar-refractivity contribution in [2.45, 2.75) is 38.3 Å². The van der Waals surface area contributed by atoms with E-state index in [2.05, 4.69) is 10.1 Å². The number of nitrogens with one attached hydrogen (secondary N) is 1. The number of halogens is 5. The molecule has 7 nitrogen and oxygen atoms in total. The van der Waals surface area contributed by atoms with E-state index in [1.54, 1.807) is 13.0 Å². The van der Waals surface area contributed by atoms with Crippen LogP contribution in [0.1, 0.15) is 28.4 Å². The van der Waals surface area contributed by atoms with Crippen LogP contribution in [0.15, 0.2) is 36.4 Å². The number of amides is 1. The minimum atomic E-state index is -4.48. The van der Waals surface area contributed by atoms with Crippen molar-refractivity contribution in [3.05, 3.63) is 58.1 Å². The minimum Gasteiger partial charge on any atom is -0.496 e. The SMILES string of the molecule is CCOc1ccc(C(=O)NCc2cc(CC(OCC(F)(F)C(F)F)C(=O)O)ccc2OC)c(Cl)c1. The third kappa shape index (κ3) is 8.00. The molecule has 192 valence electrons. The van der Waals surface area contributed by atoms with Crippen molar-refractivity contribution in [2.75, 3.05) is 20.3 Å². The van der Waals surface area contributed by atoms with Crippen molar-refractivity contribution in [3.63, 3.8) is 0 Å². The summed E-state index contributed by atoms with van der Waals surface area (Å²) in [7, 11) is 1.39. The number of hydrogen-bond acceptors (Lipinski definition) is 5. The average molecular weight is 522 g/mol. The van der Waals surface area contributed by atoms with Crippen molar-refractivity contribution >= 4 is 23.5 Å². The van der Waals surface area contributed by atoms with Crippen LogP contribution in [0.25, 0.3) is 0 Å². The van der Waals surface area contributed by atoms with Gasteiger partial charge in [0, 0.05) is 18.5 Å². The Morgan fingerprint density at radius 2 is 1.89 bits per heavy atom. The van der Waals surface area contributed by atoms with Gasteiger partial charge in [-0.05, 0) is 36.8 Å². The van der Waals surface area contributed by atoms with Crippen LogP contribution < -0.4 is 14.8 Å². The highest BCUT2D eigenvalue weighted by atomic mass is 35.5. The molecule has 0 radical (unpaired) electrons. The lowest BCUT2D eigenvalue weighted by atomic mass is 10.0. The maximum absolute atomic E-state index is 13.1. The Labute approximate surface area is 203 Å². The number of hydrogen-bond donors (Lipinski definition) is 2. The van der Waals surface area contributed by atoms with E-state index in [1.165, 1.54) is 37.4 Å². The maximum Gasteiger partial charge on any atom is 0.333 e. The molecule has 1 unspecified atom stereocenters. The van der Waals surface area contributed by atoms with Gasteiger partial charge in [0.1, 0.15) is 18.1 Å². The molecule has 2 rings (SSSR count). The highest BCUT2D eigenvalue weighted by Crippen LogP contribution is 2.26. The fourth-order valence-corrected chi connectivity index (χ4v) is 3.27. The van der Waals surface area contributed by atoms with Gasteiger partial charge in [0.25, 0.3) is 5.91 Å². The number of methoxy groups -OCH3 is 1. The van der Waals surface area contributed by atoms with Gasteiger partial charge in [-0.3, -0.25) is 4.79 Å². The Kier molecular flexibility index (Phi) is 10.1. The third-order valence-corrected chi connectivity index (χ3v) is 5.09. The number of carboxylic acids is 1. The first-order chi connectivity index (χ1) is 16.5. The van der Waals surface area contributed by atoms with Crippen molar-refractivity contribution in [3.8, 4) is 11.5 Å². The molecule has 1 amide bonds. The van der Waals surface area contributed by atoms with Gasteiger partial charge in [0.2, 0.25) is 0 Å². The first kappa shape index (κ1) is 28.2. The number of rotatable bonds is 13.